The molecule has 0 aromatic rings. The standard InChI is InChI=1S/C16H30N2O2/c1-5-16(4)15(20)18(12-14(19)17-16)11-9-7-6-8-10-13(2)3/h13H,5-12H2,1-4H3,(H,17,19). The lowest BCUT2D eigenvalue weighted by Gasteiger charge is -2.39. The van der Waals surface area contributed by atoms with Gasteiger partial charge in [-0.25, -0.2) is 0 Å². The molecule has 20 heavy (non-hydrogen) atoms. The molecule has 1 aliphatic heterocycles. The van der Waals surface area contributed by atoms with Gasteiger partial charge in [-0.2, -0.15) is 0 Å². The summed E-state index contributed by atoms with van der Waals surface area (Å²) in [5.74, 6) is 0.808. The van der Waals surface area contributed by atoms with Gasteiger partial charge < -0.3 is 10.2 Å². The highest BCUT2D eigenvalue weighted by Crippen LogP contribution is 2.18. The Morgan fingerprint density at radius 2 is 1.85 bits per heavy atom. The molecule has 2 amide bonds. The van der Waals surface area contributed by atoms with Gasteiger partial charge in [0.15, 0.2) is 0 Å². The fourth-order valence-corrected chi connectivity index (χ4v) is 2.62. The summed E-state index contributed by atoms with van der Waals surface area (Å²) in [6.07, 6.45) is 6.54. The molecule has 0 aliphatic carbocycles. The fourth-order valence-electron chi connectivity index (χ4n) is 2.62. The van der Waals surface area contributed by atoms with E-state index in [-0.39, 0.29) is 18.4 Å². The highest BCUT2D eigenvalue weighted by Gasteiger charge is 2.40. The maximum Gasteiger partial charge on any atom is 0.248 e. The highest BCUT2D eigenvalue weighted by atomic mass is 16.2. The largest absolute Gasteiger partial charge is 0.340 e. The second-order valence-corrected chi connectivity index (χ2v) is 6.56. The molecule has 1 fully saturated rings. The van der Waals surface area contributed by atoms with Crippen LogP contribution in [0.2, 0.25) is 0 Å². The number of nitrogens with one attached hydrogen (secondary N) is 1. The smallest absolute Gasteiger partial charge is 0.248 e. The van der Waals surface area contributed by atoms with E-state index in [1.165, 1.54) is 19.3 Å². The lowest BCUT2D eigenvalue weighted by atomic mass is 9.94. The van der Waals surface area contributed by atoms with Crippen LogP contribution in [0.15, 0.2) is 0 Å². The lowest BCUT2D eigenvalue weighted by molar-refractivity contribution is -0.149. The number of carbonyl (C=O) groups is 2. The molecule has 4 nitrogen and oxygen atoms in total. The van der Waals surface area contributed by atoms with E-state index >= 15 is 0 Å². The van der Waals surface area contributed by atoms with Crippen LogP contribution < -0.4 is 5.32 Å². The first-order valence-electron chi connectivity index (χ1n) is 7.99. The SMILES string of the molecule is CCC1(C)NC(=O)CN(CCCCCCC(C)C)C1=O. The Kier molecular flexibility index (Phi) is 6.50. The third-order valence-electron chi connectivity index (χ3n) is 4.18. The van der Waals surface area contributed by atoms with Gasteiger partial charge in [-0.05, 0) is 25.7 Å². The van der Waals surface area contributed by atoms with Crippen molar-refractivity contribution in [1.82, 2.24) is 10.2 Å². The van der Waals surface area contributed by atoms with E-state index in [0.717, 1.165) is 18.8 Å². The number of nitrogens with zero attached hydrogens (tertiary/aromatic N) is 1. The number of hydrogen-bond donors (Lipinski definition) is 1. The van der Waals surface area contributed by atoms with E-state index in [0.29, 0.717) is 13.0 Å². The van der Waals surface area contributed by atoms with Crippen LogP contribution >= 0.6 is 0 Å². The van der Waals surface area contributed by atoms with Crippen molar-refractivity contribution in [1.29, 1.82) is 0 Å². The minimum absolute atomic E-state index is 0.0336. The third-order valence-corrected chi connectivity index (χ3v) is 4.18. The van der Waals surface area contributed by atoms with Gasteiger partial charge in [0, 0.05) is 6.54 Å². The third kappa shape index (κ3) is 4.80. The van der Waals surface area contributed by atoms with Crippen molar-refractivity contribution in [3.05, 3.63) is 0 Å². The van der Waals surface area contributed by atoms with E-state index in [4.69, 9.17) is 0 Å². The average Bonchev–Trinajstić information content (AvgIpc) is 2.38. The summed E-state index contributed by atoms with van der Waals surface area (Å²) >= 11 is 0. The Morgan fingerprint density at radius 1 is 1.20 bits per heavy atom. The summed E-state index contributed by atoms with van der Waals surface area (Å²) in [6.45, 7) is 9.19. The minimum atomic E-state index is -0.701. The van der Waals surface area contributed by atoms with Crippen molar-refractivity contribution in [3.8, 4) is 0 Å². The highest BCUT2D eigenvalue weighted by molar-refractivity contribution is 5.97. The second-order valence-electron chi connectivity index (χ2n) is 6.56. The van der Waals surface area contributed by atoms with Crippen molar-refractivity contribution in [2.45, 2.75) is 71.8 Å². The summed E-state index contributed by atoms with van der Waals surface area (Å²) in [4.78, 5) is 25.8. The molecule has 0 radical (unpaired) electrons. The van der Waals surface area contributed by atoms with Crippen molar-refractivity contribution in [2.24, 2.45) is 5.92 Å². The Morgan fingerprint density at radius 3 is 2.45 bits per heavy atom. The summed E-state index contributed by atoms with van der Waals surface area (Å²) < 4.78 is 0. The lowest BCUT2D eigenvalue weighted by Crippen LogP contribution is -2.65. The first kappa shape index (κ1) is 17.0. The van der Waals surface area contributed by atoms with Gasteiger partial charge >= 0.3 is 0 Å². The predicted octanol–water partition coefficient (Wildman–Crippen LogP) is 2.72. The first-order chi connectivity index (χ1) is 9.39. The molecule has 4 heteroatoms. The minimum Gasteiger partial charge on any atom is -0.340 e. The van der Waals surface area contributed by atoms with Crippen molar-refractivity contribution < 1.29 is 9.59 Å². The van der Waals surface area contributed by atoms with Crippen LogP contribution in [0.1, 0.15) is 66.2 Å². The molecule has 0 aromatic carbocycles. The number of unbranched alkanes of at least 4 members (excludes halogenated alkanes) is 3. The van der Waals surface area contributed by atoms with Gasteiger partial charge in [0.25, 0.3) is 0 Å². The van der Waals surface area contributed by atoms with Gasteiger partial charge in [-0.15, -0.1) is 0 Å². The summed E-state index contributed by atoms with van der Waals surface area (Å²) in [5, 5.41) is 2.82. The van der Waals surface area contributed by atoms with E-state index in [2.05, 4.69) is 19.2 Å². The zero-order chi connectivity index (χ0) is 15.2. The molecule has 0 bridgehead atoms. The van der Waals surface area contributed by atoms with Crippen LogP contribution in [0.4, 0.5) is 0 Å². The van der Waals surface area contributed by atoms with Crippen molar-refractivity contribution >= 4 is 11.8 Å². The molecule has 1 saturated heterocycles. The molecular weight excluding hydrogens is 252 g/mol. The number of piperazine rings is 1. The van der Waals surface area contributed by atoms with E-state index in [9.17, 15) is 9.59 Å². The first-order valence-corrected chi connectivity index (χ1v) is 7.99. The van der Waals surface area contributed by atoms with Gasteiger partial charge in [-0.1, -0.05) is 46.5 Å². The Bertz CT molecular complexity index is 341. The summed E-state index contributed by atoms with van der Waals surface area (Å²) in [7, 11) is 0. The number of carbonyl (C=O) groups excluding carboxylic acids is 2. The van der Waals surface area contributed by atoms with Gasteiger partial charge in [0.2, 0.25) is 11.8 Å². The second kappa shape index (κ2) is 7.65. The van der Waals surface area contributed by atoms with Crippen LogP contribution in [-0.4, -0.2) is 35.3 Å². The predicted molar refractivity (Wildman–Crippen MR) is 81.3 cm³/mol. The average molecular weight is 282 g/mol. The maximum atomic E-state index is 12.3. The molecule has 0 spiro atoms. The van der Waals surface area contributed by atoms with Gasteiger partial charge in [0.05, 0.1) is 6.54 Å². The zero-order valence-electron chi connectivity index (χ0n) is 13.5. The molecular formula is C16H30N2O2. The van der Waals surface area contributed by atoms with Crippen LogP contribution in [-0.2, 0) is 9.59 Å². The van der Waals surface area contributed by atoms with Crippen molar-refractivity contribution in [2.75, 3.05) is 13.1 Å². The molecule has 1 N–H and O–H groups in total. The molecule has 0 saturated carbocycles. The van der Waals surface area contributed by atoms with Crippen molar-refractivity contribution in [3.63, 3.8) is 0 Å². The topological polar surface area (TPSA) is 49.4 Å². The van der Waals surface area contributed by atoms with Crippen LogP contribution in [0.25, 0.3) is 0 Å². The quantitative estimate of drug-likeness (QED) is 0.696. The zero-order valence-corrected chi connectivity index (χ0v) is 13.5. The van der Waals surface area contributed by atoms with Crippen LogP contribution in [0.3, 0.4) is 0 Å². The Labute approximate surface area is 123 Å². The molecule has 1 atom stereocenters. The number of amides is 2. The van der Waals surface area contributed by atoms with E-state index < -0.39 is 5.54 Å². The number of rotatable bonds is 8. The molecule has 1 unspecified atom stereocenters. The fraction of sp³-hybridized carbons (Fsp3) is 0.875. The number of hydrogen-bond acceptors (Lipinski definition) is 2. The normalized spacial score (nSPS) is 23.4. The Balaban J connectivity index is 2.32. The summed E-state index contributed by atoms with van der Waals surface area (Å²) in [5.41, 5.74) is -0.701. The summed E-state index contributed by atoms with van der Waals surface area (Å²) in [6, 6.07) is 0. The van der Waals surface area contributed by atoms with E-state index in [1.807, 2.05) is 13.8 Å². The van der Waals surface area contributed by atoms with E-state index in [1.54, 1.807) is 4.90 Å². The monoisotopic (exact) mass is 282 g/mol. The molecule has 1 heterocycles. The molecule has 0 aromatic heterocycles. The molecule has 1 rings (SSSR count). The van der Waals surface area contributed by atoms with Crippen LogP contribution in [0.5, 0.6) is 0 Å². The molecule has 1 aliphatic rings. The van der Waals surface area contributed by atoms with Crippen LogP contribution in [0, 0.1) is 5.92 Å². The van der Waals surface area contributed by atoms with Gasteiger partial charge in [0.1, 0.15) is 5.54 Å². The Hall–Kier alpha value is -1.06. The molecule has 116 valence electrons. The van der Waals surface area contributed by atoms with Gasteiger partial charge in [-0.3, -0.25) is 9.59 Å². The maximum absolute atomic E-state index is 12.3.